The molecule has 2 rings (SSSR count). The van der Waals surface area contributed by atoms with E-state index in [1.165, 1.54) is 37.6 Å². The number of anilines is 1. The van der Waals surface area contributed by atoms with E-state index in [2.05, 4.69) is 15.0 Å². The molecule has 0 spiro atoms. The van der Waals surface area contributed by atoms with Crippen LogP contribution >= 0.6 is 23.2 Å². The van der Waals surface area contributed by atoms with Gasteiger partial charge in [-0.3, -0.25) is 4.79 Å². The average Bonchev–Trinajstić information content (AvgIpc) is 2.50. The number of alkyl halides is 2. The van der Waals surface area contributed by atoms with Crippen molar-refractivity contribution in [2.45, 2.75) is 6.61 Å². The Balaban J connectivity index is 2.30. The molecule has 1 heterocycles. The van der Waals surface area contributed by atoms with Gasteiger partial charge in [-0.2, -0.15) is 8.78 Å². The number of aromatic nitrogens is 1. The molecule has 1 amide bonds. The number of benzene rings is 1. The lowest BCUT2D eigenvalue weighted by molar-refractivity contribution is -0.0500. The average molecular weight is 363 g/mol. The fourth-order valence-electron chi connectivity index (χ4n) is 1.71. The van der Waals surface area contributed by atoms with Gasteiger partial charge in [0.25, 0.3) is 5.91 Å². The van der Waals surface area contributed by atoms with Crippen LogP contribution in [0.2, 0.25) is 10.0 Å². The maximum Gasteiger partial charge on any atom is 0.387 e. The molecule has 0 fully saturated rings. The minimum absolute atomic E-state index is 0.106. The van der Waals surface area contributed by atoms with Crippen LogP contribution < -0.4 is 14.8 Å². The monoisotopic (exact) mass is 362 g/mol. The zero-order valence-corrected chi connectivity index (χ0v) is 13.2. The van der Waals surface area contributed by atoms with Gasteiger partial charge in [-0.25, -0.2) is 4.98 Å². The van der Waals surface area contributed by atoms with Gasteiger partial charge in [-0.1, -0.05) is 23.2 Å². The second-order valence-corrected chi connectivity index (χ2v) is 5.03. The first-order valence-corrected chi connectivity index (χ1v) is 6.91. The Morgan fingerprint density at radius 1 is 1.30 bits per heavy atom. The minimum atomic E-state index is -3.14. The van der Waals surface area contributed by atoms with Crippen molar-refractivity contribution in [2.75, 3.05) is 12.4 Å². The summed E-state index contributed by atoms with van der Waals surface area (Å²) < 4.78 is 34.2. The smallest absolute Gasteiger partial charge is 0.387 e. The SMILES string of the molecule is COc1ccc(NC(=O)c2cc(Cl)cc(Cl)c2OC(F)F)cn1. The van der Waals surface area contributed by atoms with Crippen molar-refractivity contribution in [2.24, 2.45) is 0 Å². The van der Waals surface area contributed by atoms with E-state index in [-0.39, 0.29) is 15.6 Å². The molecule has 0 aliphatic carbocycles. The zero-order valence-electron chi connectivity index (χ0n) is 11.6. The number of hydrogen-bond acceptors (Lipinski definition) is 4. The van der Waals surface area contributed by atoms with Gasteiger partial charge in [-0.15, -0.1) is 0 Å². The van der Waals surface area contributed by atoms with Crippen molar-refractivity contribution >= 4 is 34.8 Å². The molecule has 0 atom stereocenters. The summed E-state index contributed by atoms with van der Waals surface area (Å²) in [5.74, 6) is -0.822. The molecule has 23 heavy (non-hydrogen) atoms. The molecule has 0 saturated carbocycles. The molecule has 1 N–H and O–H groups in total. The van der Waals surface area contributed by atoms with Crippen LogP contribution in [0.5, 0.6) is 11.6 Å². The number of methoxy groups -OCH3 is 1. The molecule has 1 aromatic heterocycles. The summed E-state index contributed by atoms with van der Waals surface area (Å²) in [5, 5.41) is 2.39. The molecular formula is C14H10Cl2F2N2O3. The van der Waals surface area contributed by atoms with Crippen LogP contribution in [0.4, 0.5) is 14.5 Å². The highest BCUT2D eigenvalue weighted by molar-refractivity contribution is 6.36. The first-order valence-electron chi connectivity index (χ1n) is 6.16. The molecule has 0 bridgehead atoms. The van der Waals surface area contributed by atoms with Gasteiger partial charge in [0.2, 0.25) is 5.88 Å². The van der Waals surface area contributed by atoms with Crippen LogP contribution in [0.25, 0.3) is 0 Å². The van der Waals surface area contributed by atoms with Gasteiger partial charge < -0.3 is 14.8 Å². The van der Waals surface area contributed by atoms with Gasteiger partial charge >= 0.3 is 6.61 Å². The number of amides is 1. The number of carbonyl (C=O) groups excluding carboxylic acids is 1. The largest absolute Gasteiger partial charge is 0.481 e. The molecule has 9 heteroatoms. The van der Waals surface area contributed by atoms with Crippen molar-refractivity contribution in [1.82, 2.24) is 4.98 Å². The second kappa shape index (κ2) is 7.43. The summed E-state index contributed by atoms with van der Waals surface area (Å²) in [6.07, 6.45) is 1.34. The molecule has 0 unspecified atom stereocenters. The summed E-state index contributed by atoms with van der Waals surface area (Å²) >= 11 is 11.6. The third-order valence-corrected chi connectivity index (χ3v) is 3.16. The van der Waals surface area contributed by atoms with Gasteiger partial charge in [0, 0.05) is 11.1 Å². The number of pyridine rings is 1. The normalized spacial score (nSPS) is 10.5. The summed E-state index contributed by atoms with van der Waals surface area (Å²) in [6, 6.07) is 5.44. The highest BCUT2D eigenvalue weighted by Gasteiger charge is 2.20. The quantitative estimate of drug-likeness (QED) is 0.863. The third kappa shape index (κ3) is 4.43. The summed E-state index contributed by atoms with van der Waals surface area (Å²) in [6.45, 7) is -3.14. The number of carbonyl (C=O) groups is 1. The highest BCUT2D eigenvalue weighted by atomic mass is 35.5. The van der Waals surface area contributed by atoms with Gasteiger partial charge in [-0.05, 0) is 18.2 Å². The molecule has 122 valence electrons. The predicted molar refractivity (Wildman–Crippen MR) is 81.8 cm³/mol. The Hall–Kier alpha value is -2.12. The Labute approximate surface area is 140 Å². The Bertz CT molecular complexity index is 712. The lowest BCUT2D eigenvalue weighted by Gasteiger charge is -2.13. The highest BCUT2D eigenvalue weighted by Crippen LogP contribution is 2.34. The topological polar surface area (TPSA) is 60.5 Å². The number of hydrogen-bond donors (Lipinski definition) is 1. The molecule has 1 aromatic carbocycles. The molecule has 5 nitrogen and oxygen atoms in total. The maximum atomic E-state index is 12.5. The van der Waals surface area contributed by atoms with Gasteiger partial charge in [0.05, 0.1) is 29.6 Å². The van der Waals surface area contributed by atoms with Crippen LogP contribution in [0.15, 0.2) is 30.5 Å². The number of nitrogens with one attached hydrogen (secondary N) is 1. The molecule has 2 aromatic rings. The van der Waals surface area contributed by atoms with E-state index in [1.54, 1.807) is 0 Å². The van der Waals surface area contributed by atoms with Crippen molar-refractivity contribution in [3.05, 3.63) is 46.1 Å². The van der Waals surface area contributed by atoms with Crippen molar-refractivity contribution in [3.8, 4) is 11.6 Å². The third-order valence-electron chi connectivity index (χ3n) is 2.66. The first-order chi connectivity index (χ1) is 10.9. The van der Waals surface area contributed by atoms with Crippen molar-refractivity contribution in [3.63, 3.8) is 0 Å². The van der Waals surface area contributed by atoms with Crippen molar-refractivity contribution in [1.29, 1.82) is 0 Å². The Morgan fingerprint density at radius 2 is 2.04 bits per heavy atom. The van der Waals surface area contributed by atoms with Crippen molar-refractivity contribution < 1.29 is 23.0 Å². The van der Waals surface area contributed by atoms with Crippen LogP contribution in [0.3, 0.4) is 0 Å². The number of halogens is 4. The van der Waals surface area contributed by atoms with E-state index in [0.717, 1.165) is 0 Å². The molecule has 0 saturated heterocycles. The lowest BCUT2D eigenvalue weighted by Crippen LogP contribution is -2.15. The van der Waals surface area contributed by atoms with Crippen LogP contribution in [0, 0.1) is 0 Å². The second-order valence-electron chi connectivity index (χ2n) is 4.19. The van der Waals surface area contributed by atoms with Crippen LogP contribution in [-0.2, 0) is 0 Å². The van der Waals surface area contributed by atoms with E-state index >= 15 is 0 Å². The summed E-state index contributed by atoms with van der Waals surface area (Å²) in [4.78, 5) is 16.2. The molecule has 0 radical (unpaired) electrons. The Kier molecular flexibility index (Phi) is 5.57. The summed E-state index contributed by atoms with van der Waals surface area (Å²) in [7, 11) is 1.45. The van der Waals surface area contributed by atoms with E-state index < -0.39 is 18.3 Å². The Morgan fingerprint density at radius 3 is 2.61 bits per heavy atom. The van der Waals surface area contributed by atoms with Crippen LogP contribution in [-0.4, -0.2) is 24.6 Å². The predicted octanol–water partition coefficient (Wildman–Crippen LogP) is 4.25. The van der Waals surface area contributed by atoms with E-state index in [0.29, 0.717) is 11.6 Å². The molecular weight excluding hydrogens is 353 g/mol. The molecule has 0 aliphatic heterocycles. The van der Waals surface area contributed by atoms with Gasteiger partial charge in [0.15, 0.2) is 5.75 Å². The standard InChI is InChI=1S/C14H10Cl2F2N2O3/c1-22-11-3-2-8(6-19-11)20-13(21)9-4-7(15)5-10(16)12(9)23-14(17)18/h2-6,14H,1H3,(H,20,21). The fraction of sp³-hybridized carbons (Fsp3) is 0.143. The summed E-state index contributed by atoms with van der Waals surface area (Å²) in [5.41, 5.74) is 0.105. The lowest BCUT2D eigenvalue weighted by atomic mass is 10.2. The number of rotatable bonds is 5. The fourth-order valence-corrected chi connectivity index (χ4v) is 2.25. The number of nitrogens with zero attached hydrogens (tertiary/aromatic N) is 1. The first kappa shape index (κ1) is 17.2. The van der Waals surface area contributed by atoms with E-state index in [4.69, 9.17) is 27.9 Å². The van der Waals surface area contributed by atoms with Gasteiger partial charge in [0.1, 0.15) is 0 Å². The van der Waals surface area contributed by atoms with Crippen LogP contribution in [0.1, 0.15) is 10.4 Å². The maximum absolute atomic E-state index is 12.5. The van der Waals surface area contributed by atoms with E-state index in [1.807, 2.05) is 0 Å². The zero-order chi connectivity index (χ0) is 17.0. The molecule has 0 aliphatic rings. The minimum Gasteiger partial charge on any atom is -0.481 e. The number of ether oxygens (including phenoxy) is 2. The van der Waals surface area contributed by atoms with E-state index in [9.17, 15) is 13.6 Å².